The van der Waals surface area contributed by atoms with E-state index in [1.165, 1.54) is 0 Å². The number of hydrogen-bond donors (Lipinski definition) is 1. The van der Waals surface area contributed by atoms with E-state index >= 15 is 0 Å². The van der Waals surface area contributed by atoms with Crippen molar-refractivity contribution >= 4 is 5.91 Å². The Kier molecular flexibility index (Phi) is 3.51. The van der Waals surface area contributed by atoms with Crippen molar-refractivity contribution < 1.29 is 4.79 Å². The Labute approximate surface area is 95.7 Å². The lowest BCUT2D eigenvalue weighted by molar-refractivity contribution is 0.0775. The van der Waals surface area contributed by atoms with E-state index < -0.39 is 0 Å². The average molecular weight is 219 g/mol. The smallest absolute Gasteiger partial charge is 0.255 e. The van der Waals surface area contributed by atoms with E-state index in [0.717, 1.165) is 26.1 Å². The second-order valence-corrected chi connectivity index (χ2v) is 4.29. The third kappa shape index (κ3) is 2.58. The fraction of sp³-hybridized carbons (Fsp3) is 0.500. The Bertz CT molecular complexity index is 347. The number of hydrogen-bond acceptors (Lipinski definition) is 3. The number of pyridine rings is 1. The van der Waals surface area contributed by atoms with Crippen molar-refractivity contribution in [1.82, 2.24) is 15.2 Å². The number of carbonyl (C=O) groups excluding carboxylic acids is 1. The number of rotatable bonds is 3. The minimum Gasteiger partial charge on any atom is -0.341 e. The van der Waals surface area contributed by atoms with Gasteiger partial charge in [-0.3, -0.25) is 9.78 Å². The van der Waals surface area contributed by atoms with Gasteiger partial charge in [0.2, 0.25) is 0 Å². The maximum atomic E-state index is 12.0. The SMILES string of the molecule is CN(CC1CCNC1)C(=O)c1cccnc1. The van der Waals surface area contributed by atoms with Crippen molar-refractivity contribution in [2.45, 2.75) is 6.42 Å². The molecule has 1 aliphatic rings. The predicted molar refractivity (Wildman–Crippen MR) is 62.2 cm³/mol. The molecule has 1 aromatic heterocycles. The van der Waals surface area contributed by atoms with Crippen LogP contribution in [0.2, 0.25) is 0 Å². The van der Waals surface area contributed by atoms with Crippen molar-refractivity contribution in [2.24, 2.45) is 5.92 Å². The van der Waals surface area contributed by atoms with Crippen molar-refractivity contribution in [3.05, 3.63) is 30.1 Å². The van der Waals surface area contributed by atoms with Crippen molar-refractivity contribution in [3.63, 3.8) is 0 Å². The minimum absolute atomic E-state index is 0.0556. The average Bonchev–Trinajstić information content (AvgIpc) is 2.82. The Morgan fingerprint density at radius 2 is 2.56 bits per heavy atom. The van der Waals surface area contributed by atoms with Gasteiger partial charge in [0, 0.05) is 26.0 Å². The molecule has 0 bridgehead atoms. The summed E-state index contributed by atoms with van der Waals surface area (Å²) in [5, 5.41) is 3.31. The van der Waals surface area contributed by atoms with Crippen LogP contribution in [0.3, 0.4) is 0 Å². The van der Waals surface area contributed by atoms with E-state index in [1.54, 1.807) is 29.4 Å². The number of nitrogens with zero attached hydrogens (tertiary/aromatic N) is 2. The number of carbonyl (C=O) groups is 1. The summed E-state index contributed by atoms with van der Waals surface area (Å²) in [6, 6.07) is 3.59. The van der Waals surface area contributed by atoms with E-state index in [2.05, 4.69) is 10.3 Å². The molecule has 1 saturated heterocycles. The molecule has 1 N–H and O–H groups in total. The molecular formula is C12H17N3O. The number of amides is 1. The Morgan fingerprint density at radius 3 is 3.19 bits per heavy atom. The Morgan fingerprint density at radius 1 is 1.69 bits per heavy atom. The molecule has 1 fully saturated rings. The van der Waals surface area contributed by atoms with Gasteiger partial charge < -0.3 is 10.2 Å². The molecule has 1 atom stereocenters. The highest BCUT2D eigenvalue weighted by Crippen LogP contribution is 2.10. The third-order valence-electron chi connectivity index (χ3n) is 2.95. The van der Waals surface area contributed by atoms with Crippen molar-refractivity contribution in [3.8, 4) is 0 Å². The van der Waals surface area contributed by atoms with Gasteiger partial charge in [-0.1, -0.05) is 0 Å². The van der Waals surface area contributed by atoms with Crippen molar-refractivity contribution in [2.75, 3.05) is 26.7 Å². The maximum absolute atomic E-state index is 12.0. The molecule has 0 saturated carbocycles. The standard InChI is InChI=1S/C12H17N3O/c1-15(9-10-4-6-14-7-10)12(16)11-3-2-5-13-8-11/h2-3,5,8,10,14H,4,6-7,9H2,1H3. The summed E-state index contributed by atoms with van der Waals surface area (Å²) in [5.74, 6) is 0.644. The lowest BCUT2D eigenvalue weighted by Gasteiger charge is -2.20. The molecule has 1 aromatic rings. The molecule has 1 unspecified atom stereocenters. The maximum Gasteiger partial charge on any atom is 0.255 e. The van der Waals surface area contributed by atoms with Gasteiger partial charge in [0.25, 0.3) is 5.91 Å². The molecule has 4 heteroatoms. The Balaban J connectivity index is 1.94. The second-order valence-electron chi connectivity index (χ2n) is 4.29. The highest BCUT2D eigenvalue weighted by molar-refractivity contribution is 5.93. The minimum atomic E-state index is 0.0556. The molecule has 1 amide bonds. The van der Waals surface area contributed by atoms with Gasteiger partial charge in [-0.05, 0) is 37.6 Å². The third-order valence-corrected chi connectivity index (χ3v) is 2.95. The van der Waals surface area contributed by atoms with Crippen LogP contribution in [0.25, 0.3) is 0 Å². The van der Waals surface area contributed by atoms with Crippen LogP contribution in [0.1, 0.15) is 16.8 Å². The van der Waals surface area contributed by atoms with Crippen LogP contribution in [0.15, 0.2) is 24.5 Å². The first-order chi connectivity index (χ1) is 7.77. The zero-order valence-electron chi connectivity index (χ0n) is 9.52. The van der Waals surface area contributed by atoms with Crippen LogP contribution in [-0.4, -0.2) is 42.5 Å². The first kappa shape index (κ1) is 11.1. The molecule has 0 spiro atoms. The lowest BCUT2D eigenvalue weighted by Crippen LogP contribution is -2.32. The van der Waals surface area contributed by atoms with Gasteiger partial charge in [0.1, 0.15) is 0 Å². The van der Waals surface area contributed by atoms with Crippen LogP contribution in [-0.2, 0) is 0 Å². The normalized spacial score (nSPS) is 19.7. The zero-order chi connectivity index (χ0) is 11.4. The van der Waals surface area contributed by atoms with E-state index in [1.807, 2.05) is 7.05 Å². The molecule has 2 rings (SSSR count). The molecule has 0 aliphatic carbocycles. The summed E-state index contributed by atoms with van der Waals surface area (Å²) in [7, 11) is 1.85. The fourth-order valence-electron chi connectivity index (χ4n) is 2.05. The first-order valence-corrected chi connectivity index (χ1v) is 5.63. The van der Waals surface area contributed by atoms with E-state index in [4.69, 9.17) is 0 Å². The van der Waals surface area contributed by atoms with E-state index in [0.29, 0.717) is 11.5 Å². The quantitative estimate of drug-likeness (QED) is 0.816. The monoisotopic (exact) mass is 219 g/mol. The molecule has 4 nitrogen and oxygen atoms in total. The van der Waals surface area contributed by atoms with Crippen LogP contribution >= 0.6 is 0 Å². The molecule has 2 heterocycles. The van der Waals surface area contributed by atoms with E-state index in [-0.39, 0.29) is 5.91 Å². The number of aromatic nitrogens is 1. The molecule has 0 aromatic carbocycles. The summed E-state index contributed by atoms with van der Waals surface area (Å²) in [6.45, 7) is 2.91. The highest BCUT2D eigenvalue weighted by Gasteiger charge is 2.19. The zero-order valence-corrected chi connectivity index (χ0v) is 9.52. The van der Waals surface area contributed by atoms with Gasteiger partial charge in [0.05, 0.1) is 5.56 Å². The predicted octanol–water partition coefficient (Wildman–Crippen LogP) is 0.763. The Hall–Kier alpha value is -1.42. The molecule has 86 valence electrons. The fourth-order valence-corrected chi connectivity index (χ4v) is 2.05. The van der Waals surface area contributed by atoms with Gasteiger partial charge in [-0.2, -0.15) is 0 Å². The summed E-state index contributed by atoms with van der Waals surface area (Å²) >= 11 is 0. The summed E-state index contributed by atoms with van der Waals surface area (Å²) in [5.41, 5.74) is 0.663. The van der Waals surface area contributed by atoms with Gasteiger partial charge in [-0.25, -0.2) is 0 Å². The molecular weight excluding hydrogens is 202 g/mol. The molecule has 0 radical (unpaired) electrons. The largest absolute Gasteiger partial charge is 0.341 e. The lowest BCUT2D eigenvalue weighted by atomic mass is 10.1. The van der Waals surface area contributed by atoms with Gasteiger partial charge in [0.15, 0.2) is 0 Å². The molecule has 16 heavy (non-hydrogen) atoms. The summed E-state index contributed by atoms with van der Waals surface area (Å²) in [4.78, 5) is 17.7. The van der Waals surface area contributed by atoms with E-state index in [9.17, 15) is 4.79 Å². The van der Waals surface area contributed by atoms with Crippen molar-refractivity contribution in [1.29, 1.82) is 0 Å². The topological polar surface area (TPSA) is 45.2 Å². The second kappa shape index (κ2) is 5.07. The van der Waals surface area contributed by atoms with Crippen LogP contribution in [0.5, 0.6) is 0 Å². The first-order valence-electron chi connectivity index (χ1n) is 5.63. The molecule has 1 aliphatic heterocycles. The van der Waals surface area contributed by atoms with Gasteiger partial charge >= 0.3 is 0 Å². The summed E-state index contributed by atoms with van der Waals surface area (Å²) in [6.07, 6.45) is 4.45. The van der Waals surface area contributed by atoms with Crippen LogP contribution in [0, 0.1) is 5.92 Å². The highest BCUT2D eigenvalue weighted by atomic mass is 16.2. The number of nitrogens with one attached hydrogen (secondary N) is 1. The summed E-state index contributed by atoms with van der Waals surface area (Å²) < 4.78 is 0. The van der Waals surface area contributed by atoms with Crippen LogP contribution in [0.4, 0.5) is 0 Å². The van der Waals surface area contributed by atoms with Crippen LogP contribution < -0.4 is 5.32 Å². The van der Waals surface area contributed by atoms with Gasteiger partial charge in [-0.15, -0.1) is 0 Å².